The van der Waals surface area contributed by atoms with Crippen molar-refractivity contribution in [3.05, 3.63) is 42.1 Å². The summed E-state index contributed by atoms with van der Waals surface area (Å²) in [4.78, 5) is 2.76. The molecular formula is C22H32N4O3S. The van der Waals surface area contributed by atoms with Crippen LogP contribution in [-0.4, -0.2) is 53.5 Å². The highest BCUT2D eigenvalue weighted by Gasteiger charge is 2.38. The molecule has 4 rings (SSSR count). The lowest BCUT2D eigenvalue weighted by Gasteiger charge is -2.39. The van der Waals surface area contributed by atoms with Crippen molar-refractivity contribution in [2.45, 2.75) is 69.4 Å². The molecule has 8 heteroatoms. The summed E-state index contributed by atoms with van der Waals surface area (Å²) < 4.78 is 34.3. The van der Waals surface area contributed by atoms with E-state index >= 15 is 0 Å². The van der Waals surface area contributed by atoms with Gasteiger partial charge in [-0.15, -0.1) is 10.2 Å². The molecule has 2 aliphatic heterocycles. The number of hydrogen-bond donors (Lipinski definition) is 0. The molecule has 1 aromatic heterocycles. The maximum absolute atomic E-state index is 13.4. The molecule has 3 heterocycles. The van der Waals surface area contributed by atoms with Gasteiger partial charge in [-0.3, -0.25) is 4.90 Å². The fourth-order valence-electron chi connectivity index (χ4n) is 4.79. The third-order valence-corrected chi connectivity index (χ3v) is 8.38. The lowest BCUT2D eigenvalue weighted by molar-refractivity contribution is 0.117. The Bertz CT molecular complexity index is 907. The predicted molar refractivity (Wildman–Crippen MR) is 114 cm³/mol. The molecule has 0 N–H and O–H groups in total. The largest absolute Gasteiger partial charge is 0.424 e. The summed E-state index contributed by atoms with van der Waals surface area (Å²) in [6.45, 7) is 5.18. The van der Waals surface area contributed by atoms with Gasteiger partial charge in [0, 0.05) is 19.0 Å². The van der Waals surface area contributed by atoms with Gasteiger partial charge < -0.3 is 4.42 Å². The summed E-state index contributed by atoms with van der Waals surface area (Å²) in [6.07, 6.45) is 6.86. The average Bonchev–Trinajstić information content (AvgIpc) is 3.08. The fourth-order valence-corrected chi connectivity index (χ4v) is 6.56. The number of benzene rings is 1. The van der Waals surface area contributed by atoms with Gasteiger partial charge in [0.05, 0.1) is 11.4 Å². The van der Waals surface area contributed by atoms with Gasteiger partial charge in [0.15, 0.2) is 0 Å². The SMILES string of the molecule is CCc1nnc(CN2CCC(C3CCCCCN3S(=O)(=O)c3ccccc3)CC2)o1. The van der Waals surface area contributed by atoms with E-state index in [9.17, 15) is 8.42 Å². The molecule has 0 radical (unpaired) electrons. The van der Waals surface area contributed by atoms with Crippen LogP contribution in [0.2, 0.25) is 0 Å². The third kappa shape index (κ3) is 4.76. The van der Waals surface area contributed by atoms with E-state index in [1.807, 2.05) is 17.3 Å². The zero-order valence-electron chi connectivity index (χ0n) is 17.7. The summed E-state index contributed by atoms with van der Waals surface area (Å²) in [5.74, 6) is 1.75. The number of hydrogen-bond acceptors (Lipinski definition) is 6. The van der Waals surface area contributed by atoms with E-state index in [-0.39, 0.29) is 6.04 Å². The third-order valence-electron chi connectivity index (χ3n) is 6.44. The van der Waals surface area contributed by atoms with Crippen LogP contribution >= 0.6 is 0 Å². The number of rotatable bonds is 6. The maximum Gasteiger partial charge on any atom is 0.243 e. The molecule has 1 aromatic carbocycles. The van der Waals surface area contributed by atoms with Crippen LogP contribution in [0.5, 0.6) is 0 Å². The van der Waals surface area contributed by atoms with Crippen LogP contribution in [0.4, 0.5) is 0 Å². The highest BCUT2D eigenvalue weighted by molar-refractivity contribution is 7.89. The van der Waals surface area contributed by atoms with Gasteiger partial charge in [-0.1, -0.05) is 38.0 Å². The summed E-state index contributed by atoms with van der Waals surface area (Å²) in [6, 6.07) is 9.00. The normalized spacial score (nSPS) is 22.8. The lowest BCUT2D eigenvalue weighted by Crippen LogP contribution is -2.47. The first-order valence-electron chi connectivity index (χ1n) is 11.2. The molecule has 164 valence electrons. The van der Waals surface area contributed by atoms with E-state index in [4.69, 9.17) is 4.42 Å². The monoisotopic (exact) mass is 432 g/mol. The van der Waals surface area contributed by atoms with E-state index in [2.05, 4.69) is 15.1 Å². The fraction of sp³-hybridized carbons (Fsp3) is 0.636. The number of piperidine rings is 1. The van der Waals surface area contributed by atoms with Gasteiger partial charge >= 0.3 is 0 Å². The molecular weight excluding hydrogens is 400 g/mol. The Morgan fingerprint density at radius 2 is 1.70 bits per heavy atom. The van der Waals surface area contributed by atoms with E-state index in [1.54, 1.807) is 24.3 Å². The van der Waals surface area contributed by atoms with Crippen molar-refractivity contribution in [1.29, 1.82) is 0 Å². The Hall–Kier alpha value is -1.77. The number of nitrogens with zero attached hydrogens (tertiary/aromatic N) is 4. The van der Waals surface area contributed by atoms with Crippen LogP contribution in [0.3, 0.4) is 0 Å². The zero-order valence-corrected chi connectivity index (χ0v) is 18.6. The summed E-state index contributed by atoms with van der Waals surface area (Å²) in [5.41, 5.74) is 0. The Morgan fingerprint density at radius 3 is 2.40 bits per heavy atom. The Labute approximate surface area is 179 Å². The number of aromatic nitrogens is 2. The molecule has 0 aliphatic carbocycles. The minimum atomic E-state index is -3.46. The van der Waals surface area contributed by atoms with Crippen molar-refractivity contribution >= 4 is 10.0 Å². The van der Waals surface area contributed by atoms with Crippen molar-refractivity contribution in [1.82, 2.24) is 19.4 Å². The second-order valence-electron chi connectivity index (χ2n) is 8.40. The van der Waals surface area contributed by atoms with Crippen LogP contribution in [0.15, 0.2) is 39.6 Å². The smallest absolute Gasteiger partial charge is 0.243 e. The molecule has 2 aliphatic rings. The lowest BCUT2D eigenvalue weighted by atomic mass is 9.87. The van der Waals surface area contributed by atoms with Crippen molar-refractivity contribution < 1.29 is 12.8 Å². The van der Waals surface area contributed by atoms with Crippen LogP contribution in [0.25, 0.3) is 0 Å². The van der Waals surface area contributed by atoms with Crippen LogP contribution in [0, 0.1) is 5.92 Å². The minimum absolute atomic E-state index is 0.0926. The summed E-state index contributed by atoms with van der Waals surface area (Å²) in [7, 11) is -3.46. The first kappa shape index (κ1) is 21.5. The van der Waals surface area contributed by atoms with E-state index in [0.29, 0.717) is 35.7 Å². The molecule has 0 amide bonds. The molecule has 0 saturated carbocycles. The van der Waals surface area contributed by atoms with Crippen LogP contribution < -0.4 is 0 Å². The highest BCUT2D eigenvalue weighted by Crippen LogP contribution is 2.33. The number of aryl methyl sites for hydroxylation is 1. The van der Waals surface area contributed by atoms with Gasteiger partial charge in [0.2, 0.25) is 21.8 Å². The first-order chi connectivity index (χ1) is 14.6. The Kier molecular flexibility index (Phi) is 6.85. The maximum atomic E-state index is 13.4. The van der Waals surface area contributed by atoms with Crippen molar-refractivity contribution in [2.24, 2.45) is 5.92 Å². The number of likely N-dealkylation sites (tertiary alicyclic amines) is 1. The molecule has 2 saturated heterocycles. The molecule has 7 nitrogen and oxygen atoms in total. The van der Waals surface area contributed by atoms with Gasteiger partial charge in [-0.2, -0.15) is 4.31 Å². The van der Waals surface area contributed by atoms with Crippen molar-refractivity contribution in [3.8, 4) is 0 Å². The van der Waals surface area contributed by atoms with E-state index < -0.39 is 10.0 Å². The van der Waals surface area contributed by atoms with Gasteiger partial charge in [0.25, 0.3) is 0 Å². The van der Waals surface area contributed by atoms with Gasteiger partial charge in [-0.05, 0) is 56.8 Å². The van der Waals surface area contributed by atoms with Crippen LogP contribution in [-0.2, 0) is 23.0 Å². The second-order valence-corrected chi connectivity index (χ2v) is 10.3. The predicted octanol–water partition coefficient (Wildman–Crippen LogP) is 3.48. The second kappa shape index (κ2) is 9.58. The van der Waals surface area contributed by atoms with Gasteiger partial charge in [-0.25, -0.2) is 8.42 Å². The topological polar surface area (TPSA) is 79.5 Å². The van der Waals surface area contributed by atoms with E-state index in [1.165, 1.54) is 0 Å². The molecule has 2 aromatic rings. The van der Waals surface area contributed by atoms with Crippen molar-refractivity contribution in [3.63, 3.8) is 0 Å². The molecule has 0 bridgehead atoms. The first-order valence-corrected chi connectivity index (χ1v) is 12.6. The zero-order chi connectivity index (χ0) is 21.0. The Morgan fingerprint density at radius 1 is 0.967 bits per heavy atom. The highest BCUT2D eigenvalue weighted by atomic mass is 32.2. The van der Waals surface area contributed by atoms with Crippen molar-refractivity contribution in [2.75, 3.05) is 19.6 Å². The quantitative estimate of drug-likeness (QED) is 0.695. The molecule has 0 spiro atoms. The number of sulfonamides is 1. The molecule has 1 atom stereocenters. The molecule has 30 heavy (non-hydrogen) atoms. The minimum Gasteiger partial charge on any atom is -0.424 e. The molecule has 1 unspecified atom stereocenters. The average molecular weight is 433 g/mol. The van der Waals surface area contributed by atoms with Gasteiger partial charge in [0.1, 0.15) is 0 Å². The summed E-state index contributed by atoms with van der Waals surface area (Å²) >= 11 is 0. The Balaban J connectivity index is 1.44. The summed E-state index contributed by atoms with van der Waals surface area (Å²) in [5, 5.41) is 8.18. The van der Waals surface area contributed by atoms with Crippen LogP contribution in [0.1, 0.15) is 57.2 Å². The van der Waals surface area contributed by atoms with E-state index in [0.717, 1.165) is 58.0 Å². The molecule has 2 fully saturated rings. The standard InChI is InChI=1S/C22H32N4O3S/c1-2-21-23-24-22(29-21)17-25-15-12-18(13-16-25)20-11-7-4-8-14-26(20)30(27,28)19-9-5-3-6-10-19/h3,5-6,9-10,18,20H,2,4,7-8,11-17H2,1H3.